The Kier molecular flexibility index (Phi) is 8.12. The molecule has 8 nitrogen and oxygen atoms in total. The molecule has 0 amide bonds. The molecule has 0 fully saturated rings. The summed E-state index contributed by atoms with van der Waals surface area (Å²) in [7, 11) is 1.87. The van der Waals surface area contributed by atoms with Crippen molar-refractivity contribution >= 4 is 13.1 Å². The van der Waals surface area contributed by atoms with Crippen molar-refractivity contribution in [2.45, 2.75) is 50.5 Å². The first-order chi connectivity index (χ1) is 13.3. The Morgan fingerprint density at radius 2 is 1.82 bits per heavy atom. The number of ether oxygens (including phenoxy) is 2. The van der Waals surface area contributed by atoms with Gasteiger partial charge in [-0.1, -0.05) is 12.8 Å². The molecule has 156 valence electrons. The zero-order valence-corrected chi connectivity index (χ0v) is 16.7. The maximum absolute atomic E-state index is 11.7. The summed E-state index contributed by atoms with van der Waals surface area (Å²) in [5.74, 6) is 0.392. The summed E-state index contributed by atoms with van der Waals surface area (Å²) in [4.78, 5) is 13.9. The summed E-state index contributed by atoms with van der Waals surface area (Å²) >= 11 is 0. The van der Waals surface area contributed by atoms with Crippen LogP contribution in [0, 0.1) is 0 Å². The zero-order chi connectivity index (χ0) is 20.7. The number of aliphatic carboxylic acids is 1. The van der Waals surface area contributed by atoms with Gasteiger partial charge in [0.15, 0.2) is 11.5 Å². The number of rotatable bonds is 11. The molecule has 0 saturated heterocycles. The molecule has 1 aliphatic rings. The number of carboxylic acids is 1. The fourth-order valence-corrected chi connectivity index (χ4v) is 3.60. The van der Waals surface area contributed by atoms with Crippen molar-refractivity contribution < 1.29 is 29.4 Å². The fraction of sp³-hybridized carbons (Fsp3) is 0.632. The van der Waals surface area contributed by atoms with E-state index in [1.807, 2.05) is 12.1 Å². The van der Waals surface area contributed by atoms with E-state index in [1.165, 1.54) is 5.56 Å². The normalized spacial score (nSPS) is 16.2. The van der Waals surface area contributed by atoms with Crippen LogP contribution in [0.3, 0.4) is 0 Å². The molecule has 2 rings (SSSR count). The lowest BCUT2D eigenvalue weighted by molar-refractivity contribution is -0.144. The average Bonchev–Trinajstić information content (AvgIpc) is 2.68. The van der Waals surface area contributed by atoms with Gasteiger partial charge in [0.2, 0.25) is 0 Å². The number of fused-ring (bicyclic) bond motifs is 1. The number of nitrogens with zero attached hydrogens (tertiary/aromatic N) is 1. The molecule has 0 aliphatic carbocycles. The standard InChI is InChI=1S/C19H31BN2O6/c1-27-16-11-14-5-9-22(13-15(14)12-17(16)28-2)10-7-19(21,18(23)24)6-3-4-8-20(25)26/h11-12,25-26H,3-10,13,21H2,1-2H3,(H,23,24). The molecule has 0 aromatic heterocycles. The number of hydrogen-bond donors (Lipinski definition) is 4. The molecule has 1 aromatic carbocycles. The molecule has 28 heavy (non-hydrogen) atoms. The van der Waals surface area contributed by atoms with Crippen LogP contribution in [-0.2, 0) is 17.8 Å². The topological polar surface area (TPSA) is 125 Å². The van der Waals surface area contributed by atoms with Crippen molar-refractivity contribution in [1.29, 1.82) is 0 Å². The third-order valence-corrected chi connectivity index (χ3v) is 5.43. The van der Waals surface area contributed by atoms with Crippen LogP contribution >= 0.6 is 0 Å². The van der Waals surface area contributed by atoms with E-state index in [2.05, 4.69) is 4.90 Å². The van der Waals surface area contributed by atoms with Gasteiger partial charge in [-0.3, -0.25) is 9.69 Å². The third kappa shape index (κ3) is 5.84. The van der Waals surface area contributed by atoms with Crippen molar-refractivity contribution in [3.8, 4) is 11.5 Å². The van der Waals surface area contributed by atoms with E-state index in [-0.39, 0.29) is 6.32 Å². The summed E-state index contributed by atoms with van der Waals surface area (Å²) in [6, 6.07) is 3.99. The lowest BCUT2D eigenvalue weighted by Crippen LogP contribution is -2.50. The predicted molar refractivity (Wildman–Crippen MR) is 107 cm³/mol. The first kappa shape index (κ1) is 22.5. The van der Waals surface area contributed by atoms with E-state index in [0.717, 1.165) is 24.3 Å². The van der Waals surface area contributed by atoms with Gasteiger partial charge in [0, 0.05) is 19.6 Å². The number of carbonyl (C=O) groups is 1. The van der Waals surface area contributed by atoms with Crippen LogP contribution in [0.1, 0.15) is 36.8 Å². The molecule has 9 heteroatoms. The van der Waals surface area contributed by atoms with E-state index >= 15 is 0 Å². The van der Waals surface area contributed by atoms with Gasteiger partial charge in [-0.15, -0.1) is 0 Å². The van der Waals surface area contributed by atoms with E-state index in [4.69, 9.17) is 25.3 Å². The minimum absolute atomic E-state index is 0.226. The first-order valence-electron chi connectivity index (χ1n) is 9.63. The highest BCUT2D eigenvalue weighted by atomic mass is 16.5. The van der Waals surface area contributed by atoms with Crippen LogP contribution in [0.15, 0.2) is 12.1 Å². The van der Waals surface area contributed by atoms with Crippen LogP contribution in [0.5, 0.6) is 11.5 Å². The summed E-state index contributed by atoms with van der Waals surface area (Å²) in [5, 5.41) is 27.4. The summed E-state index contributed by atoms with van der Waals surface area (Å²) in [6.45, 7) is 2.12. The molecule has 5 N–H and O–H groups in total. The number of methoxy groups -OCH3 is 2. The lowest BCUT2D eigenvalue weighted by Gasteiger charge is -2.32. The minimum atomic E-state index is -1.36. The second-order valence-electron chi connectivity index (χ2n) is 7.44. The average molecular weight is 394 g/mol. The van der Waals surface area contributed by atoms with Gasteiger partial charge in [-0.05, 0) is 48.8 Å². The molecule has 1 unspecified atom stereocenters. The van der Waals surface area contributed by atoms with E-state index < -0.39 is 18.6 Å². The van der Waals surface area contributed by atoms with E-state index in [9.17, 15) is 9.90 Å². The number of unbranched alkanes of at least 4 members (excludes halogenated alkanes) is 1. The Labute approximate surface area is 166 Å². The molecular weight excluding hydrogens is 363 g/mol. The van der Waals surface area contributed by atoms with Crippen LogP contribution < -0.4 is 15.2 Å². The van der Waals surface area contributed by atoms with Gasteiger partial charge < -0.3 is 30.4 Å². The SMILES string of the molecule is COc1cc2c(cc1OC)CN(CCC(N)(CCCCB(O)O)C(=O)O)CC2. The summed E-state index contributed by atoms with van der Waals surface area (Å²) < 4.78 is 10.7. The Morgan fingerprint density at radius 3 is 2.39 bits per heavy atom. The van der Waals surface area contributed by atoms with Crippen molar-refractivity contribution in [2.75, 3.05) is 27.3 Å². The molecule has 0 spiro atoms. The fourth-order valence-electron chi connectivity index (χ4n) is 3.60. The van der Waals surface area contributed by atoms with E-state index in [1.54, 1.807) is 14.2 Å². The number of hydrogen-bond acceptors (Lipinski definition) is 7. The van der Waals surface area contributed by atoms with Crippen molar-refractivity contribution in [3.05, 3.63) is 23.3 Å². The molecule has 1 atom stereocenters. The molecule has 0 radical (unpaired) electrons. The highest BCUT2D eigenvalue weighted by molar-refractivity contribution is 6.40. The Balaban J connectivity index is 1.95. The maximum Gasteiger partial charge on any atom is 0.451 e. The largest absolute Gasteiger partial charge is 0.493 e. The number of benzene rings is 1. The lowest BCUT2D eigenvalue weighted by atomic mass is 9.81. The zero-order valence-electron chi connectivity index (χ0n) is 16.7. The first-order valence-corrected chi connectivity index (χ1v) is 9.63. The van der Waals surface area contributed by atoms with Crippen LogP contribution in [-0.4, -0.2) is 66.0 Å². The van der Waals surface area contributed by atoms with Crippen molar-refractivity contribution in [2.24, 2.45) is 5.73 Å². The smallest absolute Gasteiger partial charge is 0.451 e. The third-order valence-electron chi connectivity index (χ3n) is 5.43. The van der Waals surface area contributed by atoms with Gasteiger partial charge >= 0.3 is 13.1 Å². The quantitative estimate of drug-likeness (QED) is 0.322. The highest BCUT2D eigenvalue weighted by Crippen LogP contribution is 2.33. The minimum Gasteiger partial charge on any atom is -0.493 e. The van der Waals surface area contributed by atoms with Crippen LogP contribution in [0.2, 0.25) is 6.32 Å². The van der Waals surface area contributed by atoms with Gasteiger partial charge in [-0.2, -0.15) is 0 Å². The van der Waals surface area contributed by atoms with Gasteiger partial charge in [0.1, 0.15) is 5.54 Å². The molecule has 1 heterocycles. The Morgan fingerprint density at radius 1 is 1.18 bits per heavy atom. The molecule has 1 aliphatic heterocycles. The highest BCUT2D eigenvalue weighted by Gasteiger charge is 2.34. The molecule has 0 saturated carbocycles. The van der Waals surface area contributed by atoms with Gasteiger partial charge in [0.25, 0.3) is 0 Å². The van der Waals surface area contributed by atoms with Crippen LogP contribution in [0.4, 0.5) is 0 Å². The summed E-state index contributed by atoms with van der Waals surface area (Å²) in [5.41, 5.74) is 7.23. The predicted octanol–water partition coefficient (Wildman–Crippen LogP) is 0.877. The van der Waals surface area contributed by atoms with Gasteiger partial charge in [-0.25, -0.2) is 0 Å². The van der Waals surface area contributed by atoms with Crippen LogP contribution in [0.25, 0.3) is 0 Å². The number of carboxylic acid groups (broad SMARTS) is 1. The van der Waals surface area contributed by atoms with Gasteiger partial charge in [0.05, 0.1) is 14.2 Å². The van der Waals surface area contributed by atoms with Crippen molar-refractivity contribution in [1.82, 2.24) is 4.90 Å². The Bertz CT molecular complexity index is 672. The molecule has 1 aromatic rings. The second kappa shape index (κ2) is 10.1. The maximum atomic E-state index is 11.7. The molecule has 0 bridgehead atoms. The summed E-state index contributed by atoms with van der Waals surface area (Å²) in [6.07, 6.45) is 2.80. The second-order valence-corrected chi connectivity index (χ2v) is 7.44. The monoisotopic (exact) mass is 394 g/mol. The van der Waals surface area contributed by atoms with Crippen molar-refractivity contribution in [3.63, 3.8) is 0 Å². The number of nitrogens with two attached hydrogens (primary N) is 1. The Hall–Kier alpha value is -1.81. The molecular formula is C19H31BN2O6. The van der Waals surface area contributed by atoms with E-state index in [0.29, 0.717) is 44.5 Å².